The van der Waals surface area contributed by atoms with E-state index in [-0.39, 0.29) is 0 Å². The molecule has 0 saturated heterocycles. The van der Waals surface area contributed by atoms with E-state index in [2.05, 4.69) is 4.98 Å². The van der Waals surface area contributed by atoms with Crippen molar-refractivity contribution >= 4 is 0 Å². The average Bonchev–Trinajstić information content (AvgIpc) is 2.23. The van der Waals surface area contributed by atoms with Crippen molar-refractivity contribution in [2.45, 2.75) is 0 Å². The molecule has 2 rings (SSSR count). The minimum Gasteiger partial charge on any atom is -0.358 e. The van der Waals surface area contributed by atoms with Crippen molar-refractivity contribution in [1.29, 1.82) is 0 Å². The van der Waals surface area contributed by atoms with Gasteiger partial charge >= 0.3 is 0 Å². The summed E-state index contributed by atoms with van der Waals surface area (Å²) in [6.07, 6.45) is 1.07. The van der Waals surface area contributed by atoms with Crippen LogP contribution in [0.1, 0.15) is 0 Å². The molecule has 0 atom stereocenters. The van der Waals surface area contributed by atoms with E-state index >= 15 is 0 Å². The van der Waals surface area contributed by atoms with Gasteiger partial charge in [0.1, 0.15) is 0 Å². The van der Waals surface area contributed by atoms with Crippen molar-refractivity contribution in [3.8, 4) is 11.3 Å². The molecule has 0 amide bonds. The summed E-state index contributed by atoms with van der Waals surface area (Å²) >= 11 is 0. The van der Waals surface area contributed by atoms with Crippen molar-refractivity contribution in [1.82, 2.24) is 4.98 Å². The van der Waals surface area contributed by atoms with E-state index in [0.29, 0.717) is 5.69 Å². The fourth-order valence-corrected chi connectivity index (χ4v) is 1.24. The van der Waals surface area contributed by atoms with Gasteiger partial charge in [0.25, 0.3) is 0 Å². The van der Waals surface area contributed by atoms with Crippen LogP contribution in [0.3, 0.4) is 0 Å². The standard InChI is InChI=1S/C11H8FNO/c12-9-7-13-10(6-11(9)14)8-4-2-1-3-5-8/h1-7H,(H,13,14). The summed E-state index contributed by atoms with van der Waals surface area (Å²) in [7, 11) is 0. The second kappa shape index (κ2) is 3.46. The van der Waals surface area contributed by atoms with Crippen molar-refractivity contribution in [3.63, 3.8) is 0 Å². The maximum Gasteiger partial charge on any atom is 0.217 e. The minimum absolute atomic E-state index is 0.595. The Bertz CT molecular complexity index is 490. The summed E-state index contributed by atoms with van der Waals surface area (Å²) in [6, 6.07) is 10.6. The van der Waals surface area contributed by atoms with Crippen LogP contribution in [0.4, 0.5) is 4.39 Å². The van der Waals surface area contributed by atoms with Crippen LogP contribution in [-0.2, 0) is 0 Å². The molecule has 0 aliphatic rings. The van der Waals surface area contributed by atoms with E-state index < -0.39 is 11.2 Å². The van der Waals surface area contributed by atoms with Crippen LogP contribution in [0.15, 0.2) is 47.4 Å². The summed E-state index contributed by atoms with van der Waals surface area (Å²) in [5, 5.41) is 0. The Hall–Kier alpha value is -1.90. The number of hydrogen-bond donors (Lipinski definition) is 1. The van der Waals surface area contributed by atoms with Crippen LogP contribution in [-0.4, -0.2) is 4.98 Å². The molecule has 70 valence electrons. The normalized spacial score (nSPS) is 10.1. The third-order valence-electron chi connectivity index (χ3n) is 1.95. The van der Waals surface area contributed by atoms with Crippen molar-refractivity contribution in [3.05, 3.63) is 58.6 Å². The van der Waals surface area contributed by atoms with Crippen molar-refractivity contribution in [2.24, 2.45) is 0 Å². The van der Waals surface area contributed by atoms with Crippen molar-refractivity contribution in [2.75, 3.05) is 0 Å². The molecular formula is C11H8FNO. The van der Waals surface area contributed by atoms with Gasteiger partial charge in [0.2, 0.25) is 5.43 Å². The van der Waals surface area contributed by atoms with Crippen LogP contribution in [0, 0.1) is 5.82 Å². The summed E-state index contributed by atoms with van der Waals surface area (Å²) in [4.78, 5) is 13.7. The average molecular weight is 189 g/mol. The number of nitrogens with one attached hydrogen (secondary N) is 1. The Balaban J connectivity index is 2.54. The first-order valence-corrected chi connectivity index (χ1v) is 4.21. The largest absolute Gasteiger partial charge is 0.358 e. The van der Waals surface area contributed by atoms with Gasteiger partial charge in [0.05, 0.1) is 0 Å². The summed E-state index contributed by atoms with van der Waals surface area (Å²) in [6.45, 7) is 0. The molecule has 0 bridgehead atoms. The monoisotopic (exact) mass is 189 g/mol. The molecule has 0 aliphatic heterocycles. The highest BCUT2D eigenvalue weighted by Gasteiger charge is 2.00. The Kier molecular flexibility index (Phi) is 2.14. The van der Waals surface area contributed by atoms with Gasteiger partial charge in [0.15, 0.2) is 5.82 Å². The lowest BCUT2D eigenvalue weighted by Gasteiger charge is -1.99. The zero-order chi connectivity index (χ0) is 9.97. The molecule has 2 nitrogen and oxygen atoms in total. The van der Waals surface area contributed by atoms with Crippen LogP contribution < -0.4 is 5.43 Å². The first kappa shape index (κ1) is 8.69. The summed E-state index contributed by atoms with van der Waals surface area (Å²) in [5.41, 5.74) is 0.893. The first-order valence-electron chi connectivity index (χ1n) is 4.21. The summed E-state index contributed by atoms with van der Waals surface area (Å²) < 4.78 is 12.7. The van der Waals surface area contributed by atoms with Crippen molar-refractivity contribution < 1.29 is 4.39 Å². The molecule has 2 aromatic rings. The third-order valence-corrected chi connectivity index (χ3v) is 1.95. The van der Waals surface area contributed by atoms with Crippen LogP contribution in [0.25, 0.3) is 11.3 Å². The first-order chi connectivity index (χ1) is 6.77. The highest BCUT2D eigenvalue weighted by atomic mass is 19.1. The highest BCUT2D eigenvalue weighted by Crippen LogP contribution is 2.13. The molecule has 1 N–H and O–H groups in total. The molecule has 0 spiro atoms. The molecule has 1 aromatic carbocycles. The van der Waals surface area contributed by atoms with E-state index in [1.807, 2.05) is 30.3 Å². The number of aromatic amines is 1. The van der Waals surface area contributed by atoms with Gasteiger partial charge in [-0.25, -0.2) is 4.39 Å². The SMILES string of the molecule is O=c1cc(-c2ccccc2)[nH]cc1F. The predicted octanol–water partition coefficient (Wildman–Crippen LogP) is 2.18. The smallest absolute Gasteiger partial charge is 0.217 e. The third kappa shape index (κ3) is 1.57. The number of hydrogen-bond acceptors (Lipinski definition) is 1. The van der Waals surface area contributed by atoms with Gasteiger partial charge in [-0.2, -0.15) is 0 Å². The quantitative estimate of drug-likeness (QED) is 0.732. The van der Waals surface area contributed by atoms with Crippen LogP contribution >= 0.6 is 0 Å². The van der Waals surface area contributed by atoms with E-state index in [0.717, 1.165) is 11.8 Å². The maximum absolute atomic E-state index is 12.7. The number of benzene rings is 1. The van der Waals surface area contributed by atoms with Gasteiger partial charge in [-0.1, -0.05) is 30.3 Å². The number of rotatable bonds is 1. The predicted molar refractivity (Wildman–Crippen MR) is 52.5 cm³/mol. The zero-order valence-corrected chi connectivity index (χ0v) is 7.33. The lowest BCUT2D eigenvalue weighted by molar-refractivity contribution is 0.611. The van der Waals surface area contributed by atoms with E-state index in [4.69, 9.17) is 0 Å². The zero-order valence-electron chi connectivity index (χ0n) is 7.33. The molecule has 0 fully saturated rings. The fraction of sp³-hybridized carbons (Fsp3) is 0. The molecule has 0 saturated carbocycles. The van der Waals surface area contributed by atoms with Gasteiger partial charge in [-0.15, -0.1) is 0 Å². The topological polar surface area (TPSA) is 32.9 Å². The van der Waals surface area contributed by atoms with E-state index in [9.17, 15) is 9.18 Å². The van der Waals surface area contributed by atoms with Crippen LogP contribution in [0.5, 0.6) is 0 Å². The second-order valence-corrected chi connectivity index (χ2v) is 2.92. The Labute approximate surface area is 80.0 Å². The lowest BCUT2D eigenvalue weighted by atomic mass is 10.1. The van der Waals surface area contributed by atoms with Crippen LogP contribution in [0.2, 0.25) is 0 Å². The molecule has 1 aromatic heterocycles. The fourth-order valence-electron chi connectivity index (χ4n) is 1.24. The van der Waals surface area contributed by atoms with E-state index in [1.165, 1.54) is 6.07 Å². The minimum atomic E-state index is -0.760. The molecule has 14 heavy (non-hydrogen) atoms. The summed E-state index contributed by atoms with van der Waals surface area (Å²) in [5.74, 6) is -0.760. The molecule has 3 heteroatoms. The molecule has 0 unspecified atom stereocenters. The van der Waals surface area contributed by atoms with E-state index in [1.54, 1.807) is 0 Å². The molecule has 1 heterocycles. The Morgan fingerprint density at radius 3 is 2.50 bits per heavy atom. The van der Waals surface area contributed by atoms with Gasteiger partial charge in [0, 0.05) is 18.0 Å². The van der Waals surface area contributed by atoms with Gasteiger partial charge in [-0.3, -0.25) is 4.79 Å². The number of pyridine rings is 1. The number of aromatic nitrogens is 1. The van der Waals surface area contributed by atoms with Gasteiger partial charge < -0.3 is 4.98 Å². The molecular weight excluding hydrogens is 181 g/mol. The lowest BCUT2D eigenvalue weighted by Crippen LogP contribution is -2.05. The van der Waals surface area contributed by atoms with Gasteiger partial charge in [-0.05, 0) is 5.56 Å². The highest BCUT2D eigenvalue weighted by molar-refractivity contribution is 5.58. The Morgan fingerprint density at radius 1 is 1.14 bits per heavy atom. The second-order valence-electron chi connectivity index (χ2n) is 2.92. The maximum atomic E-state index is 12.7. The number of H-pyrrole nitrogens is 1. The molecule has 0 radical (unpaired) electrons. The molecule has 0 aliphatic carbocycles. The number of halogens is 1. The Morgan fingerprint density at radius 2 is 1.86 bits per heavy atom.